The molecule has 0 N–H and O–H groups in total. The van der Waals surface area contributed by atoms with Crippen LogP contribution in [0.4, 0.5) is 0 Å². The predicted molar refractivity (Wildman–Crippen MR) is 204 cm³/mol. The number of nitrogens with zero attached hydrogens (tertiary/aromatic N) is 4. The molecule has 0 fully saturated rings. The molecule has 0 atom stereocenters. The van der Waals surface area contributed by atoms with Gasteiger partial charge in [-0.1, -0.05) is 103 Å². The summed E-state index contributed by atoms with van der Waals surface area (Å²) < 4.78 is 21.4. The van der Waals surface area contributed by atoms with E-state index < -0.39 is 0 Å². The van der Waals surface area contributed by atoms with Crippen LogP contribution in [0.5, 0.6) is 23.0 Å². The van der Waals surface area contributed by atoms with Gasteiger partial charge in [0.05, 0.1) is 11.0 Å². The molecule has 244 valence electrons. The first kappa shape index (κ1) is 28.6. The van der Waals surface area contributed by atoms with E-state index in [0.717, 1.165) is 66.1 Å². The zero-order valence-corrected chi connectivity index (χ0v) is 27.5. The minimum Gasteiger partial charge on any atom is -0.456 e. The molecule has 1 aliphatic heterocycles. The Balaban J connectivity index is 1.13. The lowest BCUT2D eigenvalue weighted by molar-refractivity contribution is 0.360. The number of hydrogen-bond acceptors (Lipinski definition) is 6. The number of benzene rings is 7. The molecule has 0 radical (unpaired) electrons. The van der Waals surface area contributed by atoms with Crippen molar-refractivity contribution in [1.29, 1.82) is 0 Å². The summed E-state index contributed by atoms with van der Waals surface area (Å²) in [5.74, 6) is 4.56. The van der Waals surface area contributed by atoms with Gasteiger partial charge in [-0.3, -0.25) is 0 Å². The summed E-state index contributed by atoms with van der Waals surface area (Å²) in [6.45, 7) is 0. The van der Waals surface area contributed by atoms with Gasteiger partial charge in [0.25, 0.3) is 0 Å². The van der Waals surface area contributed by atoms with Crippen molar-refractivity contribution in [3.05, 3.63) is 158 Å². The molecule has 7 aromatic carbocycles. The van der Waals surface area contributed by atoms with E-state index >= 15 is 0 Å². The maximum atomic E-state index is 6.48. The van der Waals surface area contributed by atoms with Crippen LogP contribution in [0.2, 0.25) is 0 Å². The number of aromatic nitrogens is 4. The van der Waals surface area contributed by atoms with Crippen molar-refractivity contribution in [3.63, 3.8) is 0 Å². The number of hydrogen-bond donors (Lipinski definition) is 0. The maximum Gasteiger partial charge on any atom is 0.172 e. The van der Waals surface area contributed by atoms with Crippen molar-refractivity contribution in [2.45, 2.75) is 0 Å². The van der Waals surface area contributed by atoms with Crippen molar-refractivity contribution in [2.24, 2.45) is 0 Å². The van der Waals surface area contributed by atoms with E-state index in [9.17, 15) is 0 Å². The van der Waals surface area contributed by atoms with Crippen LogP contribution in [-0.2, 0) is 0 Å². The standard InChI is InChI=1S/C45H26N4O3/c1-3-12-27(13-4-1)43-46-44(28-14-5-2-6-15-28)48-45(47-43)31-17-11-21-39-42(31)33-24-29(22-23-36(33)50-39)49-34-18-8-7-16-30(34)32-25-40-41(26-35(32)49)52-38-20-10-9-19-37(38)51-40/h1-26H. The number of fused-ring (bicyclic) bond motifs is 8. The van der Waals surface area contributed by atoms with Crippen LogP contribution in [-0.4, -0.2) is 19.5 Å². The third kappa shape index (κ3) is 4.43. The molecule has 52 heavy (non-hydrogen) atoms. The Morgan fingerprint density at radius 1 is 0.404 bits per heavy atom. The number of rotatable bonds is 4. The first-order chi connectivity index (χ1) is 25.7. The fourth-order valence-corrected chi connectivity index (χ4v) is 7.34. The van der Waals surface area contributed by atoms with Gasteiger partial charge in [0.1, 0.15) is 11.2 Å². The smallest absolute Gasteiger partial charge is 0.172 e. The van der Waals surface area contributed by atoms with Crippen LogP contribution in [0.25, 0.3) is 83.6 Å². The van der Waals surface area contributed by atoms with Crippen molar-refractivity contribution in [3.8, 4) is 62.8 Å². The van der Waals surface area contributed by atoms with Crippen LogP contribution in [0.15, 0.2) is 162 Å². The summed E-state index contributed by atoms with van der Waals surface area (Å²) in [5.41, 5.74) is 7.30. The fourth-order valence-electron chi connectivity index (χ4n) is 7.34. The lowest BCUT2D eigenvalue weighted by Gasteiger charge is -2.20. The number of para-hydroxylation sites is 3. The van der Waals surface area contributed by atoms with E-state index in [1.54, 1.807) is 0 Å². The van der Waals surface area contributed by atoms with Crippen LogP contribution >= 0.6 is 0 Å². The lowest BCUT2D eigenvalue weighted by atomic mass is 10.0. The van der Waals surface area contributed by atoms with E-state index in [0.29, 0.717) is 40.5 Å². The zero-order chi connectivity index (χ0) is 34.2. The molecule has 7 heteroatoms. The highest BCUT2D eigenvalue weighted by Gasteiger charge is 2.23. The Kier molecular flexibility index (Phi) is 6.12. The van der Waals surface area contributed by atoms with Gasteiger partial charge in [0.15, 0.2) is 40.5 Å². The average Bonchev–Trinajstić information content (AvgIpc) is 3.74. The number of furan rings is 1. The van der Waals surface area contributed by atoms with E-state index in [1.807, 2.05) is 103 Å². The van der Waals surface area contributed by atoms with E-state index in [-0.39, 0.29) is 0 Å². The monoisotopic (exact) mass is 670 g/mol. The third-order valence-corrected chi connectivity index (χ3v) is 9.70. The minimum atomic E-state index is 0.576. The minimum absolute atomic E-state index is 0.576. The van der Waals surface area contributed by atoms with Gasteiger partial charge in [0.2, 0.25) is 0 Å². The van der Waals surface area contributed by atoms with Gasteiger partial charge < -0.3 is 18.5 Å². The summed E-state index contributed by atoms with van der Waals surface area (Å²) in [7, 11) is 0. The Hall–Kier alpha value is -7.25. The van der Waals surface area contributed by atoms with Gasteiger partial charge in [-0.05, 0) is 48.5 Å². The summed E-state index contributed by atoms with van der Waals surface area (Å²) in [6, 6.07) is 52.8. The molecule has 3 aromatic heterocycles. The highest BCUT2D eigenvalue weighted by atomic mass is 16.6. The Morgan fingerprint density at radius 2 is 1.04 bits per heavy atom. The Labute approximate surface area is 297 Å². The van der Waals surface area contributed by atoms with Crippen LogP contribution < -0.4 is 9.47 Å². The molecule has 0 saturated heterocycles. The van der Waals surface area contributed by atoms with Crippen LogP contribution in [0, 0.1) is 0 Å². The highest BCUT2D eigenvalue weighted by molar-refractivity contribution is 6.14. The first-order valence-corrected chi connectivity index (χ1v) is 17.1. The molecular formula is C45H26N4O3. The van der Waals surface area contributed by atoms with E-state index in [4.69, 9.17) is 28.8 Å². The van der Waals surface area contributed by atoms with Crippen molar-refractivity contribution < 1.29 is 13.9 Å². The normalized spacial score (nSPS) is 12.2. The van der Waals surface area contributed by atoms with E-state index in [1.165, 1.54) is 0 Å². The largest absolute Gasteiger partial charge is 0.456 e. The van der Waals surface area contributed by atoms with Gasteiger partial charge in [-0.2, -0.15) is 0 Å². The van der Waals surface area contributed by atoms with Gasteiger partial charge in [0, 0.05) is 50.0 Å². The summed E-state index contributed by atoms with van der Waals surface area (Å²) in [5, 5.41) is 4.09. The van der Waals surface area contributed by atoms with Crippen molar-refractivity contribution in [1.82, 2.24) is 19.5 Å². The lowest BCUT2D eigenvalue weighted by Crippen LogP contribution is -2.00. The van der Waals surface area contributed by atoms with Gasteiger partial charge in [-0.25, -0.2) is 15.0 Å². The fraction of sp³-hybridized carbons (Fsp3) is 0. The predicted octanol–water partition coefficient (Wildman–Crippen LogP) is 11.8. The molecule has 0 unspecified atom stereocenters. The van der Waals surface area contributed by atoms with Crippen LogP contribution in [0.1, 0.15) is 0 Å². The molecule has 11 rings (SSSR count). The molecule has 0 spiro atoms. The molecule has 0 saturated carbocycles. The molecule has 0 amide bonds. The highest BCUT2D eigenvalue weighted by Crippen LogP contribution is 2.48. The third-order valence-electron chi connectivity index (χ3n) is 9.70. The van der Waals surface area contributed by atoms with Gasteiger partial charge in [-0.15, -0.1) is 0 Å². The zero-order valence-electron chi connectivity index (χ0n) is 27.5. The first-order valence-electron chi connectivity index (χ1n) is 17.1. The summed E-state index contributed by atoms with van der Waals surface area (Å²) >= 11 is 0. The van der Waals surface area contributed by atoms with E-state index in [2.05, 4.69) is 59.2 Å². The second kappa shape index (κ2) is 11.1. The summed E-state index contributed by atoms with van der Waals surface area (Å²) in [4.78, 5) is 15.0. The second-order valence-electron chi connectivity index (χ2n) is 12.8. The average molecular weight is 671 g/mol. The maximum absolute atomic E-state index is 6.48. The molecule has 7 nitrogen and oxygen atoms in total. The molecule has 0 bridgehead atoms. The van der Waals surface area contributed by atoms with Crippen LogP contribution in [0.3, 0.4) is 0 Å². The molecule has 0 aliphatic carbocycles. The van der Waals surface area contributed by atoms with Crippen molar-refractivity contribution >= 4 is 43.7 Å². The molecule has 4 heterocycles. The molecular weight excluding hydrogens is 645 g/mol. The number of ether oxygens (including phenoxy) is 2. The topological polar surface area (TPSA) is 75.2 Å². The molecule has 10 aromatic rings. The SMILES string of the molecule is c1ccc(-c2nc(-c3ccccc3)nc(-c3cccc4oc5ccc(-n6c7ccccc7c7cc8c(cc76)Oc6ccccc6O8)cc5c34)n2)cc1. The summed E-state index contributed by atoms with van der Waals surface area (Å²) in [6.07, 6.45) is 0. The Bertz CT molecular complexity index is 2960. The second-order valence-corrected chi connectivity index (χ2v) is 12.8. The van der Waals surface area contributed by atoms with Gasteiger partial charge >= 0.3 is 0 Å². The quantitative estimate of drug-likeness (QED) is 0.185. The molecule has 1 aliphatic rings. The van der Waals surface area contributed by atoms with Crippen molar-refractivity contribution in [2.75, 3.05) is 0 Å². The Morgan fingerprint density at radius 3 is 1.77 bits per heavy atom.